The van der Waals surface area contributed by atoms with Crippen molar-refractivity contribution in [1.29, 1.82) is 0 Å². The van der Waals surface area contributed by atoms with Crippen molar-refractivity contribution in [2.24, 2.45) is 5.41 Å². The summed E-state index contributed by atoms with van der Waals surface area (Å²) in [6.45, 7) is 1.80. The molecule has 0 atom stereocenters. The summed E-state index contributed by atoms with van der Waals surface area (Å²) in [5.74, 6) is -0.815. The molecule has 1 heterocycles. The molecular weight excluding hydrogens is 192 g/mol. The van der Waals surface area contributed by atoms with Crippen LogP contribution in [-0.2, 0) is 14.6 Å². The Morgan fingerprint density at radius 1 is 1.38 bits per heavy atom. The lowest BCUT2D eigenvalue weighted by molar-refractivity contribution is -0.149. The van der Waals surface area contributed by atoms with Gasteiger partial charge < -0.3 is 5.11 Å². The normalized spacial score (nSPS) is 25.3. The molecule has 0 saturated carbocycles. The number of hydrogen-bond acceptors (Lipinski definition) is 3. The number of aliphatic carboxylic acids is 1. The molecule has 0 spiro atoms. The van der Waals surface area contributed by atoms with Crippen molar-refractivity contribution in [2.75, 3.05) is 11.5 Å². The Bertz CT molecular complexity index is 290. The van der Waals surface area contributed by atoms with Gasteiger partial charge in [-0.05, 0) is 19.3 Å². The maximum Gasteiger partial charge on any atom is 0.309 e. The van der Waals surface area contributed by atoms with Gasteiger partial charge in [-0.15, -0.1) is 0 Å². The third kappa shape index (κ3) is 2.02. The van der Waals surface area contributed by atoms with Gasteiger partial charge in [0.15, 0.2) is 0 Å². The molecule has 1 saturated heterocycles. The van der Waals surface area contributed by atoms with Crippen LogP contribution in [0.15, 0.2) is 0 Å². The lowest BCUT2D eigenvalue weighted by atomic mass is 9.80. The number of carboxylic acid groups (broad SMARTS) is 1. The minimum Gasteiger partial charge on any atom is -0.481 e. The van der Waals surface area contributed by atoms with Gasteiger partial charge in [0.2, 0.25) is 0 Å². The number of rotatable bonds is 2. The van der Waals surface area contributed by atoms with Crippen molar-refractivity contribution in [3.63, 3.8) is 0 Å². The second-order valence-corrected chi connectivity index (χ2v) is 5.89. The van der Waals surface area contributed by atoms with Crippen LogP contribution < -0.4 is 0 Å². The van der Waals surface area contributed by atoms with Gasteiger partial charge in [-0.25, -0.2) is 8.42 Å². The van der Waals surface area contributed by atoms with Gasteiger partial charge in [-0.1, -0.05) is 6.92 Å². The number of sulfone groups is 1. The first kappa shape index (κ1) is 10.5. The van der Waals surface area contributed by atoms with Crippen LogP contribution >= 0.6 is 0 Å². The maximum atomic E-state index is 11.1. The summed E-state index contributed by atoms with van der Waals surface area (Å²) in [5, 5.41) is 8.96. The highest BCUT2D eigenvalue weighted by Gasteiger charge is 2.41. The first-order valence-corrected chi connectivity index (χ1v) is 6.18. The summed E-state index contributed by atoms with van der Waals surface area (Å²) >= 11 is 0. The van der Waals surface area contributed by atoms with Crippen LogP contribution in [-0.4, -0.2) is 31.0 Å². The fraction of sp³-hybridized carbons (Fsp3) is 0.875. The molecule has 0 aromatic carbocycles. The summed E-state index contributed by atoms with van der Waals surface area (Å²) in [7, 11) is -2.96. The molecule has 4 nitrogen and oxygen atoms in total. The predicted octanol–water partition coefficient (Wildman–Crippen LogP) is 0.676. The third-order valence-corrected chi connectivity index (χ3v) is 4.57. The molecule has 1 fully saturated rings. The summed E-state index contributed by atoms with van der Waals surface area (Å²) in [6.07, 6.45) is 1.04. The summed E-state index contributed by atoms with van der Waals surface area (Å²) in [4.78, 5) is 10.9. The van der Waals surface area contributed by atoms with E-state index in [0.29, 0.717) is 6.42 Å². The van der Waals surface area contributed by atoms with Gasteiger partial charge in [0.05, 0.1) is 16.9 Å². The molecule has 0 unspecified atom stereocenters. The highest BCUT2D eigenvalue weighted by Crippen LogP contribution is 2.35. The molecule has 0 aliphatic carbocycles. The van der Waals surface area contributed by atoms with Crippen molar-refractivity contribution in [1.82, 2.24) is 0 Å². The van der Waals surface area contributed by atoms with Crippen LogP contribution in [0.3, 0.4) is 0 Å². The van der Waals surface area contributed by atoms with E-state index in [0.717, 1.165) is 0 Å². The smallest absolute Gasteiger partial charge is 0.309 e. The van der Waals surface area contributed by atoms with E-state index < -0.39 is 21.2 Å². The molecule has 13 heavy (non-hydrogen) atoms. The van der Waals surface area contributed by atoms with E-state index in [4.69, 9.17) is 5.11 Å². The number of hydrogen-bond donors (Lipinski definition) is 1. The van der Waals surface area contributed by atoms with E-state index in [1.165, 1.54) is 0 Å². The Morgan fingerprint density at radius 3 is 2.15 bits per heavy atom. The Hall–Kier alpha value is -0.580. The van der Waals surface area contributed by atoms with Crippen molar-refractivity contribution < 1.29 is 18.3 Å². The summed E-state index contributed by atoms with van der Waals surface area (Å²) in [5.41, 5.74) is -0.786. The molecule has 0 bridgehead atoms. The van der Waals surface area contributed by atoms with Crippen LogP contribution in [0, 0.1) is 5.41 Å². The number of carboxylic acids is 1. The minimum atomic E-state index is -2.96. The first-order chi connectivity index (χ1) is 5.92. The van der Waals surface area contributed by atoms with Crippen LogP contribution in [0.25, 0.3) is 0 Å². The van der Waals surface area contributed by atoms with Crippen LogP contribution in [0.2, 0.25) is 0 Å². The molecule has 0 radical (unpaired) electrons. The second-order valence-electron chi connectivity index (χ2n) is 3.59. The highest BCUT2D eigenvalue weighted by molar-refractivity contribution is 7.91. The van der Waals surface area contributed by atoms with E-state index in [2.05, 4.69) is 0 Å². The quantitative estimate of drug-likeness (QED) is 0.721. The Balaban J connectivity index is 2.81. The molecule has 5 heteroatoms. The lowest BCUT2D eigenvalue weighted by Crippen LogP contribution is -2.39. The van der Waals surface area contributed by atoms with Gasteiger partial charge in [0, 0.05) is 0 Å². The zero-order valence-electron chi connectivity index (χ0n) is 7.62. The van der Waals surface area contributed by atoms with E-state index in [9.17, 15) is 13.2 Å². The molecule has 1 rings (SSSR count). The van der Waals surface area contributed by atoms with E-state index in [1.54, 1.807) is 6.92 Å². The molecule has 1 aliphatic heterocycles. The Morgan fingerprint density at radius 2 is 1.85 bits per heavy atom. The predicted molar refractivity (Wildman–Crippen MR) is 48.2 cm³/mol. The summed E-state index contributed by atoms with van der Waals surface area (Å²) < 4.78 is 22.2. The average Bonchev–Trinajstić information content (AvgIpc) is 2.05. The Labute approximate surface area is 77.9 Å². The topological polar surface area (TPSA) is 71.4 Å². The second kappa shape index (κ2) is 3.29. The highest BCUT2D eigenvalue weighted by atomic mass is 32.2. The van der Waals surface area contributed by atoms with Crippen molar-refractivity contribution >= 4 is 15.8 Å². The number of carbonyl (C=O) groups is 1. The molecule has 0 aromatic rings. The van der Waals surface area contributed by atoms with Gasteiger partial charge in [0.25, 0.3) is 0 Å². The maximum absolute atomic E-state index is 11.1. The van der Waals surface area contributed by atoms with Gasteiger partial charge in [-0.2, -0.15) is 0 Å². The molecular formula is C8H14O4S. The van der Waals surface area contributed by atoms with Gasteiger partial charge in [0.1, 0.15) is 9.84 Å². The van der Waals surface area contributed by atoms with Crippen molar-refractivity contribution in [3.05, 3.63) is 0 Å². The van der Waals surface area contributed by atoms with Crippen LogP contribution in [0.1, 0.15) is 26.2 Å². The molecule has 0 aromatic heterocycles. The standard InChI is InChI=1S/C8H14O4S/c1-2-8(7(9)10)3-5-13(11,12)6-4-8/h2-6H2,1H3,(H,9,10). The fourth-order valence-corrected chi connectivity index (χ4v) is 3.26. The van der Waals surface area contributed by atoms with Crippen molar-refractivity contribution in [3.8, 4) is 0 Å². The minimum absolute atomic E-state index is 0.0210. The molecule has 1 aliphatic rings. The molecule has 0 amide bonds. The van der Waals surface area contributed by atoms with E-state index >= 15 is 0 Å². The van der Waals surface area contributed by atoms with Crippen molar-refractivity contribution in [2.45, 2.75) is 26.2 Å². The van der Waals surface area contributed by atoms with E-state index in [-0.39, 0.29) is 24.3 Å². The van der Waals surface area contributed by atoms with Crippen LogP contribution in [0.4, 0.5) is 0 Å². The average molecular weight is 206 g/mol. The van der Waals surface area contributed by atoms with Crippen LogP contribution in [0.5, 0.6) is 0 Å². The Kier molecular flexibility index (Phi) is 2.66. The third-order valence-electron chi connectivity index (χ3n) is 2.91. The zero-order valence-corrected chi connectivity index (χ0v) is 8.43. The molecule has 1 N–H and O–H groups in total. The van der Waals surface area contributed by atoms with Gasteiger partial charge >= 0.3 is 5.97 Å². The zero-order chi connectivity index (χ0) is 10.1. The first-order valence-electron chi connectivity index (χ1n) is 4.36. The largest absolute Gasteiger partial charge is 0.481 e. The monoisotopic (exact) mass is 206 g/mol. The lowest BCUT2D eigenvalue weighted by Gasteiger charge is -2.31. The van der Waals surface area contributed by atoms with Gasteiger partial charge in [-0.3, -0.25) is 4.79 Å². The molecule has 76 valence electrons. The van der Waals surface area contributed by atoms with E-state index in [1.807, 2.05) is 0 Å². The fourth-order valence-electron chi connectivity index (χ4n) is 1.65. The summed E-state index contributed by atoms with van der Waals surface area (Å²) in [6, 6.07) is 0. The SMILES string of the molecule is CCC1(C(=O)O)CCS(=O)(=O)CC1.